The number of hydrogen-bond acceptors (Lipinski definition) is 2. The zero-order chi connectivity index (χ0) is 20.5. The Kier molecular flexibility index (Phi) is 5.17. The van der Waals surface area contributed by atoms with E-state index in [2.05, 4.69) is 10.4 Å². The standard InChI is InChI=1S/C19H14F5N3O/c1-27-10-12(18(26-27)19(22,23)24)8-17(28)25-16-7-6-14(21)9-15(16)11-2-4-13(20)5-3-11/h2-7,9-10H,8H2,1H3,(H,25,28). The van der Waals surface area contributed by atoms with E-state index >= 15 is 0 Å². The Labute approximate surface area is 156 Å². The van der Waals surface area contributed by atoms with Crippen molar-refractivity contribution in [2.24, 2.45) is 7.05 Å². The number of halogens is 5. The number of amides is 1. The van der Waals surface area contributed by atoms with E-state index in [1.54, 1.807) is 0 Å². The predicted molar refractivity (Wildman–Crippen MR) is 92.3 cm³/mol. The van der Waals surface area contributed by atoms with Gasteiger partial charge in [0.05, 0.1) is 6.42 Å². The Morgan fingerprint density at radius 1 is 1.07 bits per heavy atom. The minimum Gasteiger partial charge on any atom is -0.325 e. The first-order valence-electron chi connectivity index (χ1n) is 8.08. The molecular weight excluding hydrogens is 381 g/mol. The number of anilines is 1. The van der Waals surface area contributed by atoms with Crippen LogP contribution < -0.4 is 5.32 Å². The Hall–Kier alpha value is -3.23. The quantitative estimate of drug-likeness (QED) is 0.658. The minimum atomic E-state index is -4.69. The van der Waals surface area contributed by atoms with Crippen LogP contribution in [0, 0.1) is 11.6 Å². The van der Waals surface area contributed by atoms with Crippen LogP contribution in [0.15, 0.2) is 48.7 Å². The van der Waals surface area contributed by atoms with Crippen molar-refractivity contribution in [2.45, 2.75) is 12.6 Å². The molecule has 9 heteroatoms. The molecule has 1 N–H and O–H groups in total. The molecule has 0 bridgehead atoms. The number of aryl methyl sites for hydroxylation is 1. The van der Waals surface area contributed by atoms with Gasteiger partial charge in [-0.1, -0.05) is 12.1 Å². The number of aromatic nitrogens is 2. The number of alkyl halides is 3. The van der Waals surface area contributed by atoms with Gasteiger partial charge in [0.15, 0.2) is 5.69 Å². The molecule has 0 saturated heterocycles. The Morgan fingerprint density at radius 3 is 2.36 bits per heavy atom. The lowest BCUT2D eigenvalue weighted by Gasteiger charge is -2.12. The molecule has 0 radical (unpaired) electrons. The fraction of sp³-hybridized carbons (Fsp3) is 0.158. The SMILES string of the molecule is Cn1cc(CC(=O)Nc2ccc(F)cc2-c2ccc(F)cc2)c(C(F)(F)F)n1. The molecule has 1 amide bonds. The highest BCUT2D eigenvalue weighted by molar-refractivity contribution is 5.96. The molecule has 3 rings (SSSR count). The summed E-state index contributed by atoms with van der Waals surface area (Å²) < 4.78 is 66.8. The van der Waals surface area contributed by atoms with Gasteiger partial charge in [-0.15, -0.1) is 0 Å². The number of hydrogen-bond donors (Lipinski definition) is 1. The molecule has 0 aliphatic heterocycles. The first kappa shape index (κ1) is 19.5. The van der Waals surface area contributed by atoms with Gasteiger partial charge in [0.2, 0.25) is 5.91 Å². The molecule has 0 aliphatic rings. The van der Waals surface area contributed by atoms with Gasteiger partial charge in [0, 0.05) is 30.1 Å². The van der Waals surface area contributed by atoms with E-state index in [-0.39, 0.29) is 16.8 Å². The van der Waals surface area contributed by atoms with Crippen LogP contribution in [0.3, 0.4) is 0 Å². The van der Waals surface area contributed by atoms with Crippen molar-refractivity contribution in [3.8, 4) is 11.1 Å². The van der Waals surface area contributed by atoms with Gasteiger partial charge in [0.1, 0.15) is 11.6 Å². The van der Waals surface area contributed by atoms with Gasteiger partial charge >= 0.3 is 6.18 Å². The van der Waals surface area contributed by atoms with Crippen LogP contribution in [0.1, 0.15) is 11.3 Å². The second kappa shape index (κ2) is 7.41. The zero-order valence-electron chi connectivity index (χ0n) is 14.5. The van der Waals surface area contributed by atoms with Gasteiger partial charge < -0.3 is 5.32 Å². The summed E-state index contributed by atoms with van der Waals surface area (Å²) in [5.74, 6) is -1.79. The lowest BCUT2D eigenvalue weighted by atomic mass is 10.0. The molecule has 0 unspecified atom stereocenters. The van der Waals surface area contributed by atoms with E-state index in [0.29, 0.717) is 5.56 Å². The summed E-state index contributed by atoms with van der Waals surface area (Å²) in [6, 6.07) is 8.71. The van der Waals surface area contributed by atoms with Gasteiger partial charge in [-0.05, 0) is 35.9 Å². The first-order valence-corrected chi connectivity index (χ1v) is 8.08. The van der Waals surface area contributed by atoms with Crippen LogP contribution in [0.5, 0.6) is 0 Å². The van der Waals surface area contributed by atoms with E-state index in [9.17, 15) is 26.7 Å². The third kappa shape index (κ3) is 4.36. The smallest absolute Gasteiger partial charge is 0.325 e. The maximum absolute atomic E-state index is 13.7. The van der Waals surface area contributed by atoms with Crippen LogP contribution in [0.25, 0.3) is 11.1 Å². The van der Waals surface area contributed by atoms with Crippen molar-refractivity contribution in [1.82, 2.24) is 9.78 Å². The molecule has 3 aromatic rings. The molecule has 28 heavy (non-hydrogen) atoms. The highest BCUT2D eigenvalue weighted by Crippen LogP contribution is 2.32. The van der Waals surface area contributed by atoms with Gasteiger partial charge in [-0.2, -0.15) is 18.3 Å². The van der Waals surface area contributed by atoms with E-state index in [0.717, 1.165) is 23.0 Å². The largest absolute Gasteiger partial charge is 0.435 e. The van der Waals surface area contributed by atoms with Crippen LogP contribution in [-0.2, 0) is 24.4 Å². The zero-order valence-corrected chi connectivity index (χ0v) is 14.5. The molecular formula is C19H14F5N3O. The van der Waals surface area contributed by atoms with Gasteiger partial charge in [0.25, 0.3) is 0 Å². The summed E-state index contributed by atoms with van der Waals surface area (Å²) in [7, 11) is 1.32. The van der Waals surface area contributed by atoms with Crippen molar-refractivity contribution in [2.75, 3.05) is 5.32 Å². The third-order valence-corrected chi connectivity index (χ3v) is 3.94. The summed E-state index contributed by atoms with van der Waals surface area (Å²) in [5, 5.41) is 5.84. The summed E-state index contributed by atoms with van der Waals surface area (Å²) >= 11 is 0. The summed E-state index contributed by atoms with van der Waals surface area (Å²) in [6.07, 6.45) is -4.14. The van der Waals surface area contributed by atoms with Crippen molar-refractivity contribution >= 4 is 11.6 Å². The monoisotopic (exact) mass is 395 g/mol. The molecule has 0 saturated carbocycles. The van der Waals surface area contributed by atoms with Crippen LogP contribution >= 0.6 is 0 Å². The topological polar surface area (TPSA) is 46.9 Å². The van der Waals surface area contributed by atoms with Crippen molar-refractivity contribution < 1.29 is 26.7 Å². The molecule has 146 valence electrons. The maximum atomic E-state index is 13.7. The number of carbonyl (C=O) groups is 1. The summed E-state index contributed by atoms with van der Waals surface area (Å²) in [4.78, 5) is 12.3. The fourth-order valence-electron chi connectivity index (χ4n) is 2.77. The van der Waals surface area contributed by atoms with E-state index in [1.165, 1.54) is 37.4 Å². The fourth-order valence-corrected chi connectivity index (χ4v) is 2.77. The normalized spacial score (nSPS) is 11.5. The molecule has 1 aromatic heterocycles. The Morgan fingerprint density at radius 2 is 1.71 bits per heavy atom. The first-order chi connectivity index (χ1) is 13.1. The minimum absolute atomic E-state index is 0.190. The Balaban J connectivity index is 1.87. The number of nitrogens with one attached hydrogen (secondary N) is 1. The van der Waals surface area contributed by atoms with Gasteiger partial charge in [-0.3, -0.25) is 9.48 Å². The summed E-state index contributed by atoms with van der Waals surface area (Å²) in [5.41, 5.74) is -0.513. The lowest BCUT2D eigenvalue weighted by molar-refractivity contribution is -0.142. The second-order valence-corrected chi connectivity index (χ2v) is 6.10. The molecule has 0 spiro atoms. The number of carbonyl (C=O) groups excluding carboxylic acids is 1. The van der Waals surface area contributed by atoms with E-state index in [4.69, 9.17) is 0 Å². The number of rotatable bonds is 4. The molecule has 0 atom stereocenters. The van der Waals surface area contributed by atoms with Crippen molar-refractivity contribution in [1.29, 1.82) is 0 Å². The molecule has 4 nitrogen and oxygen atoms in total. The lowest BCUT2D eigenvalue weighted by Crippen LogP contribution is -2.18. The molecule has 0 aliphatic carbocycles. The average Bonchev–Trinajstić information content (AvgIpc) is 2.98. The van der Waals surface area contributed by atoms with E-state index in [1.807, 2.05) is 0 Å². The second-order valence-electron chi connectivity index (χ2n) is 6.10. The van der Waals surface area contributed by atoms with Crippen LogP contribution in [0.4, 0.5) is 27.6 Å². The van der Waals surface area contributed by atoms with E-state index < -0.39 is 35.8 Å². The van der Waals surface area contributed by atoms with Crippen LogP contribution in [-0.4, -0.2) is 15.7 Å². The highest BCUT2D eigenvalue weighted by Gasteiger charge is 2.37. The number of benzene rings is 2. The predicted octanol–water partition coefficient (Wildman–Crippen LogP) is 4.57. The summed E-state index contributed by atoms with van der Waals surface area (Å²) in [6.45, 7) is 0. The van der Waals surface area contributed by atoms with Gasteiger partial charge in [-0.25, -0.2) is 8.78 Å². The van der Waals surface area contributed by atoms with Crippen LogP contribution in [0.2, 0.25) is 0 Å². The molecule has 0 fully saturated rings. The molecule has 1 heterocycles. The Bertz CT molecular complexity index is 1010. The number of nitrogens with zero attached hydrogens (tertiary/aromatic N) is 2. The van der Waals surface area contributed by atoms with Crippen molar-refractivity contribution in [3.63, 3.8) is 0 Å². The third-order valence-electron chi connectivity index (χ3n) is 3.94. The van der Waals surface area contributed by atoms with Crippen molar-refractivity contribution in [3.05, 3.63) is 71.6 Å². The highest BCUT2D eigenvalue weighted by atomic mass is 19.4. The maximum Gasteiger partial charge on any atom is 0.435 e. The average molecular weight is 395 g/mol. The molecule has 2 aromatic carbocycles.